The zero-order chi connectivity index (χ0) is 15.8. The molecule has 1 heterocycles. The van der Waals surface area contributed by atoms with Crippen molar-refractivity contribution in [1.82, 2.24) is 10.6 Å². The van der Waals surface area contributed by atoms with Gasteiger partial charge in [-0.1, -0.05) is 18.2 Å². The number of ether oxygens (including phenoxy) is 1. The number of nitrogens with one attached hydrogen (secondary N) is 2. The van der Waals surface area contributed by atoms with Crippen molar-refractivity contribution in [2.75, 3.05) is 13.2 Å². The van der Waals surface area contributed by atoms with E-state index >= 15 is 0 Å². The van der Waals surface area contributed by atoms with E-state index in [0.29, 0.717) is 11.7 Å². The van der Waals surface area contributed by atoms with E-state index in [1.54, 1.807) is 24.3 Å². The first-order chi connectivity index (χ1) is 10.6. The molecule has 0 aliphatic carbocycles. The van der Waals surface area contributed by atoms with Gasteiger partial charge in [0.2, 0.25) is 5.91 Å². The third-order valence-corrected chi connectivity index (χ3v) is 3.80. The van der Waals surface area contributed by atoms with E-state index in [-0.39, 0.29) is 24.4 Å². The minimum absolute atomic E-state index is 0.00199. The Labute approximate surface area is 131 Å². The van der Waals surface area contributed by atoms with Crippen LogP contribution in [0.4, 0.5) is 0 Å². The van der Waals surface area contributed by atoms with Crippen LogP contribution in [0.1, 0.15) is 43.0 Å². The summed E-state index contributed by atoms with van der Waals surface area (Å²) in [4.78, 5) is 23.7. The van der Waals surface area contributed by atoms with Gasteiger partial charge in [0, 0.05) is 18.2 Å². The molecule has 0 saturated carbocycles. The fraction of sp³-hybridized carbons (Fsp3) is 0.529. The molecule has 0 unspecified atom stereocenters. The SMILES string of the molecule is C[C@H](CC[C@H]1CCCO1)NC(=O)CNC(=O)c1ccccc1. The van der Waals surface area contributed by atoms with Crippen LogP contribution in [0.2, 0.25) is 0 Å². The number of hydrogen-bond acceptors (Lipinski definition) is 3. The molecule has 1 saturated heterocycles. The van der Waals surface area contributed by atoms with Crippen molar-refractivity contribution in [2.45, 2.75) is 44.8 Å². The van der Waals surface area contributed by atoms with Gasteiger partial charge in [0.25, 0.3) is 5.91 Å². The Morgan fingerprint density at radius 3 is 2.77 bits per heavy atom. The summed E-state index contributed by atoms with van der Waals surface area (Å²) in [5.74, 6) is -0.396. The summed E-state index contributed by atoms with van der Waals surface area (Å²) in [5.41, 5.74) is 0.557. The van der Waals surface area contributed by atoms with Gasteiger partial charge in [-0.15, -0.1) is 0 Å². The lowest BCUT2D eigenvalue weighted by Crippen LogP contribution is -2.41. The molecule has 2 rings (SSSR count). The fourth-order valence-electron chi connectivity index (χ4n) is 2.56. The van der Waals surface area contributed by atoms with Crippen molar-refractivity contribution in [3.63, 3.8) is 0 Å². The summed E-state index contributed by atoms with van der Waals surface area (Å²) in [7, 11) is 0. The monoisotopic (exact) mass is 304 g/mol. The Morgan fingerprint density at radius 1 is 1.32 bits per heavy atom. The molecule has 0 bridgehead atoms. The van der Waals surface area contributed by atoms with Gasteiger partial charge in [0.05, 0.1) is 12.6 Å². The quantitative estimate of drug-likeness (QED) is 0.808. The van der Waals surface area contributed by atoms with Crippen LogP contribution in [0.3, 0.4) is 0 Å². The standard InChI is InChI=1S/C17H24N2O3/c1-13(9-10-15-8-5-11-22-15)19-16(20)12-18-17(21)14-6-3-2-4-7-14/h2-4,6-7,13,15H,5,8-12H2,1H3,(H,18,21)(H,19,20)/t13-,15-/m1/s1. The van der Waals surface area contributed by atoms with Crippen LogP contribution in [0.5, 0.6) is 0 Å². The van der Waals surface area contributed by atoms with Crippen molar-refractivity contribution in [1.29, 1.82) is 0 Å². The van der Waals surface area contributed by atoms with Gasteiger partial charge in [-0.05, 0) is 44.7 Å². The summed E-state index contributed by atoms with van der Waals surface area (Å²) in [5, 5.41) is 5.53. The van der Waals surface area contributed by atoms with Gasteiger partial charge in [0.1, 0.15) is 0 Å². The molecule has 1 aliphatic heterocycles. The van der Waals surface area contributed by atoms with Crippen LogP contribution < -0.4 is 10.6 Å². The molecule has 1 aromatic rings. The van der Waals surface area contributed by atoms with Crippen LogP contribution in [0, 0.1) is 0 Å². The van der Waals surface area contributed by atoms with Crippen LogP contribution in [-0.4, -0.2) is 37.1 Å². The van der Waals surface area contributed by atoms with E-state index in [1.807, 2.05) is 13.0 Å². The van der Waals surface area contributed by atoms with Crippen molar-refractivity contribution >= 4 is 11.8 Å². The van der Waals surface area contributed by atoms with E-state index in [1.165, 1.54) is 0 Å². The Balaban J connectivity index is 1.63. The molecule has 2 atom stereocenters. The summed E-state index contributed by atoms with van der Waals surface area (Å²) in [6.07, 6.45) is 4.46. The number of hydrogen-bond donors (Lipinski definition) is 2. The van der Waals surface area contributed by atoms with E-state index in [4.69, 9.17) is 4.74 Å². The van der Waals surface area contributed by atoms with Crippen molar-refractivity contribution < 1.29 is 14.3 Å². The zero-order valence-corrected chi connectivity index (χ0v) is 13.0. The molecule has 0 aromatic heterocycles. The molecule has 120 valence electrons. The van der Waals surface area contributed by atoms with Gasteiger partial charge in [0.15, 0.2) is 0 Å². The Hall–Kier alpha value is -1.88. The summed E-state index contributed by atoms with van der Waals surface area (Å²) in [6, 6.07) is 8.96. The van der Waals surface area contributed by atoms with Gasteiger partial charge in [-0.3, -0.25) is 9.59 Å². The first-order valence-corrected chi connectivity index (χ1v) is 7.89. The van der Waals surface area contributed by atoms with Crippen molar-refractivity contribution in [3.05, 3.63) is 35.9 Å². The average molecular weight is 304 g/mol. The van der Waals surface area contributed by atoms with E-state index < -0.39 is 0 Å². The lowest BCUT2D eigenvalue weighted by Gasteiger charge is -2.16. The van der Waals surface area contributed by atoms with Crippen LogP contribution in [0.15, 0.2) is 30.3 Å². The molecule has 5 heteroatoms. The second kappa shape index (κ2) is 8.54. The molecule has 0 spiro atoms. The normalized spacial score (nSPS) is 18.7. The molecule has 0 radical (unpaired) electrons. The molecular weight excluding hydrogens is 280 g/mol. The smallest absolute Gasteiger partial charge is 0.251 e. The Morgan fingerprint density at radius 2 is 2.09 bits per heavy atom. The van der Waals surface area contributed by atoms with Gasteiger partial charge in [-0.2, -0.15) is 0 Å². The molecule has 2 amide bonds. The second-order valence-corrected chi connectivity index (χ2v) is 5.73. The minimum atomic E-state index is -0.234. The first-order valence-electron chi connectivity index (χ1n) is 7.89. The minimum Gasteiger partial charge on any atom is -0.378 e. The molecule has 22 heavy (non-hydrogen) atoms. The Kier molecular flexibility index (Phi) is 6.40. The Bertz CT molecular complexity index is 484. The van der Waals surface area contributed by atoms with Crippen LogP contribution in [-0.2, 0) is 9.53 Å². The number of rotatable bonds is 7. The van der Waals surface area contributed by atoms with Crippen molar-refractivity contribution in [2.24, 2.45) is 0 Å². The maximum atomic E-state index is 11.8. The van der Waals surface area contributed by atoms with Gasteiger partial charge < -0.3 is 15.4 Å². The third kappa shape index (κ3) is 5.48. The third-order valence-electron chi connectivity index (χ3n) is 3.80. The van der Waals surface area contributed by atoms with Crippen molar-refractivity contribution in [3.8, 4) is 0 Å². The lowest BCUT2D eigenvalue weighted by molar-refractivity contribution is -0.120. The van der Waals surface area contributed by atoms with Crippen LogP contribution in [0.25, 0.3) is 0 Å². The highest BCUT2D eigenvalue weighted by molar-refractivity contribution is 5.96. The second-order valence-electron chi connectivity index (χ2n) is 5.73. The first kappa shape index (κ1) is 16.5. The predicted octanol–water partition coefficient (Wildman–Crippen LogP) is 1.88. The maximum absolute atomic E-state index is 11.8. The topological polar surface area (TPSA) is 67.4 Å². The predicted molar refractivity (Wildman–Crippen MR) is 84.6 cm³/mol. The highest BCUT2D eigenvalue weighted by atomic mass is 16.5. The molecule has 1 fully saturated rings. The van der Waals surface area contributed by atoms with E-state index in [0.717, 1.165) is 32.3 Å². The number of amides is 2. The number of carbonyl (C=O) groups is 2. The fourth-order valence-corrected chi connectivity index (χ4v) is 2.56. The molecule has 1 aromatic carbocycles. The number of benzene rings is 1. The molecule has 5 nitrogen and oxygen atoms in total. The highest BCUT2D eigenvalue weighted by Gasteiger charge is 2.17. The average Bonchev–Trinajstić information content (AvgIpc) is 3.05. The summed E-state index contributed by atoms with van der Waals surface area (Å²) in [6.45, 7) is 2.83. The lowest BCUT2D eigenvalue weighted by atomic mass is 10.1. The van der Waals surface area contributed by atoms with E-state index in [2.05, 4.69) is 10.6 Å². The van der Waals surface area contributed by atoms with Gasteiger partial charge in [-0.25, -0.2) is 0 Å². The molecule has 1 aliphatic rings. The largest absolute Gasteiger partial charge is 0.378 e. The molecular formula is C17H24N2O3. The van der Waals surface area contributed by atoms with E-state index in [9.17, 15) is 9.59 Å². The van der Waals surface area contributed by atoms with Gasteiger partial charge >= 0.3 is 0 Å². The molecule has 2 N–H and O–H groups in total. The zero-order valence-electron chi connectivity index (χ0n) is 13.0. The number of carbonyl (C=O) groups excluding carboxylic acids is 2. The summed E-state index contributed by atoms with van der Waals surface area (Å²) < 4.78 is 5.57. The maximum Gasteiger partial charge on any atom is 0.251 e. The highest BCUT2D eigenvalue weighted by Crippen LogP contribution is 2.17. The van der Waals surface area contributed by atoms with Crippen LogP contribution >= 0.6 is 0 Å². The summed E-state index contributed by atoms with van der Waals surface area (Å²) >= 11 is 0.